The first-order chi connectivity index (χ1) is 16.0. The molecule has 0 saturated heterocycles. The van der Waals surface area contributed by atoms with Crippen molar-refractivity contribution < 1.29 is 19.1 Å². The Morgan fingerprint density at radius 3 is 2.38 bits per heavy atom. The van der Waals surface area contributed by atoms with Crippen molar-refractivity contribution in [1.82, 2.24) is 15.5 Å². The van der Waals surface area contributed by atoms with Crippen LogP contribution in [0.2, 0.25) is 0 Å². The van der Waals surface area contributed by atoms with Gasteiger partial charge in [0.25, 0.3) is 0 Å². The summed E-state index contributed by atoms with van der Waals surface area (Å²) in [5.41, 5.74) is 0.463. The summed E-state index contributed by atoms with van der Waals surface area (Å²) in [4.78, 5) is 40.5. The lowest BCUT2D eigenvalue weighted by Gasteiger charge is -2.33. The third-order valence-electron chi connectivity index (χ3n) is 5.19. The number of ether oxygens (including phenoxy) is 1. The van der Waals surface area contributed by atoms with Gasteiger partial charge in [-0.25, -0.2) is 4.79 Å². The van der Waals surface area contributed by atoms with Crippen LogP contribution in [-0.2, 0) is 14.3 Å². The lowest BCUT2D eigenvalue weighted by molar-refractivity contribution is -0.140. The van der Waals surface area contributed by atoms with E-state index >= 15 is 0 Å². The molecule has 0 aliphatic carbocycles. The van der Waals surface area contributed by atoms with Gasteiger partial charge in [-0.15, -0.1) is 6.42 Å². The molecule has 0 heterocycles. The molecule has 3 amide bonds. The minimum Gasteiger partial charge on any atom is -0.444 e. The summed E-state index contributed by atoms with van der Waals surface area (Å²) in [6.07, 6.45) is 9.38. The van der Waals surface area contributed by atoms with Crippen molar-refractivity contribution in [2.45, 2.75) is 91.3 Å². The molecule has 0 fully saturated rings. The molecule has 188 valence electrons. The van der Waals surface area contributed by atoms with E-state index in [2.05, 4.69) is 30.4 Å². The highest BCUT2D eigenvalue weighted by Crippen LogP contribution is 2.26. The van der Waals surface area contributed by atoms with Crippen LogP contribution in [0.15, 0.2) is 24.3 Å². The second-order valence-corrected chi connectivity index (χ2v) is 9.48. The number of alkyl carbamates (subject to hydrolysis) is 1. The van der Waals surface area contributed by atoms with Crippen LogP contribution in [0.5, 0.6) is 0 Å². The Morgan fingerprint density at radius 2 is 1.79 bits per heavy atom. The molecule has 0 aromatic heterocycles. The van der Waals surface area contributed by atoms with E-state index in [1.807, 2.05) is 6.92 Å². The second kappa shape index (κ2) is 14.3. The van der Waals surface area contributed by atoms with Crippen LogP contribution in [0.4, 0.5) is 4.79 Å². The lowest BCUT2D eigenvalue weighted by Crippen LogP contribution is -2.49. The third kappa shape index (κ3) is 9.86. The average molecular weight is 472 g/mol. The number of benzene rings is 1. The molecule has 2 N–H and O–H groups in total. The zero-order valence-corrected chi connectivity index (χ0v) is 21.6. The van der Waals surface area contributed by atoms with Gasteiger partial charge >= 0.3 is 6.09 Å². The minimum atomic E-state index is -0.906. The van der Waals surface area contributed by atoms with E-state index in [9.17, 15) is 14.4 Å². The predicted octanol–water partition coefficient (Wildman–Crippen LogP) is 4.56. The van der Waals surface area contributed by atoms with Crippen molar-refractivity contribution in [2.75, 3.05) is 13.1 Å². The van der Waals surface area contributed by atoms with Crippen LogP contribution in [0.25, 0.3) is 0 Å². The fourth-order valence-electron chi connectivity index (χ4n) is 3.64. The topological polar surface area (TPSA) is 87.7 Å². The van der Waals surface area contributed by atoms with Gasteiger partial charge in [0.05, 0.1) is 0 Å². The van der Waals surface area contributed by atoms with Crippen LogP contribution >= 0.6 is 0 Å². The molecule has 2 unspecified atom stereocenters. The van der Waals surface area contributed by atoms with Crippen molar-refractivity contribution >= 4 is 17.9 Å². The molecule has 7 heteroatoms. The summed E-state index contributed by atoms with van der Waals surface area (Å²) in [7, 11) is 0. The molecule has 1 aromatic rings. The number of carbonyl (C=O) groups is 3. The predicted molar refractivity (Wildman–Crippen MR) is 135 cm³/mol. The van der Waals surface area contributed by atoms with Gasteiger partial charge in [-0.05, 0) is 52.2 Å². The van der Waals surface area contributed by atoms with Crippen LogP contribution in [0.3, 0.4) is 0 Å². The molecule has 7 nitrogen and oxygen atoms in total. The van der Waals surface area contributed by atoms with E-state index in [1.165, 1.54) is 4.90 Å². The summed E-state index contributed by atoms with van der Waals surface area (Å²) in [5.74, 6) is 1.97. The number of hydrogen-bond acceptors (Lipinski definition) is 4. The van der Waals surface area contributed by atoms with Gasteiger partial charge in [-0.1, -0.05) is 57.2 Å². The molecular formula is C27H41N3O4. The highest BCUT2D eigenvalue weighted by molar-refractivity contribution is 5.91. The van der Waals surface area contributed by atoms with Crippen LogP contribution < -0.4 is 10.6 Å². The van der Waals surface area contributed by atoms with Gasteiger partial charge in [-0.3, -0.25) is 9.59 Å². The molecular weight excluding hydrogens is 430 g/mol. The first kappa shape index (κ1) is 29.0. The van der Waals surface area contributed by atoms with Gasteiger partial charge in [-0.2, -0.15) is 0 Å². The third-order valence-corrected chi connectivity index (χ3v) is 5.19. The Kier molecular flexibility index (Phi) is 12.2. The molecule has 1 rings (SSSR count). The number of carbonyl (C=O) groups excluding carboxylic acids is 3. The van der Waals surface area contributed by atoms with E-state index in [0.29, 0.717) is 17.7 Å². The van der Waals surface area contributed by atoms with Crippen molar-refractivity contribution in [3.63, 3.8) is 0 Å². The van der Waals surface area contributed by atoms with E-state index in [1.54, 1.807) is 45.0 Å². The zero-order chi connectivity index (χ0) is 25.7. The fraction of sp³-hybridized carbons (Fsp3) is 0.593. The number of nitrogens with zero attached hydrogens (tertiary/aromatic N) is 1. The van der Waals surface area contributed by atoms with E-state index in [4.69, 9.17) is 11.2 Å². The number of amides is 3. The first-order valence-corrected chi connectivity index (χ1v) is 12.2. The summed E-state index contributed by atoms with van der Waals surface area (Å²) in [5, 5.41) is 5.56. The monoisotopic (exact) mass is 471 g/mol. The number of unbranched alkanes of at least 4 members (excludes halogenated alkanes) is 2. The van der Waals surface area contributed by atoms with Gasteiger partial charge < -0.3 is 20.3 Å². The first-order valence-electron chi connectivity index (χ1n) is 12.2. The molecule has 1 aromatic carbocycles. The zero-order valence-electron chi connectivity index (χ0n) is 21.6. The van der Waals surface area contributed by atoms with E-state index in [0.717, 1.165) is 32.1 Å². The van der Waals surface area contributed by atoms with E-state index in [-0.39, 0.29) is 24.4 Å². The molecule has 0 aliphatic rings. The summed E-state index contributed by atoms with van der Waals surface area (Å²) < 4.78 is 5.25. The van der Waals surface area contributed by atoms with Gasteiger partial charge in [0.15, 0.2) is 0 Å². The minimum absolute atomic E-state index is 0.0505. The van der Waals surface area contributed by atoms with Crippen molar-refractivity contribution in [3.8, 4) is 12.3 Å². The molecule has 0 aliphatic heterocycles. The Hall–Kier alpha value is -3.01. The number of rotatable bonds is 12. The van der Waals surface area contributed by atoms with Gasteiger partial charge in [0.2, 0.25) is 11.8 Å². The number of hydrogen-bond donors (Lipinski definition) is 2. The Balaban J connectivity index is 3.30. The van der Waals surface area contributed by atoms with Crippen molar-refractivity contribution in [3.05, 3.63) is 35.4 Å². The highest BCUT2D eigenvalue weighted by atomic mass is 16.6. The second-order valence-electron chi connectivity index (χ2n) is 9.48. The molecule has 34 heavy (non-hydrogen) atoms. The van der Waals surface area contributed by atoms with E-state index < -0.39 is 17.7 Å². The quantitative estimate of drug-likeness (QED) is 0.346. The maximum Gasteiger partial charge on any atom is 0.408 e. The maximum atomic E-state index is 13.5. The fourth-order valence-corrected chi connectivity index (χ4v) is 3.64. The Morgan fingerprint density at radius 1 is 1.12 bits per heavy atom. The SMILES string of the molecule is C#Cc1ccccc1C(C(=O)NC(C)CCC)N(CCCCC)C(=O)CNC(=O)OC(C)(C)C. The smallest absolute Gasteiger partial charge is 0.408 e. The number of nitrogens with one attached hydrogen (secondary N) is 2. The van der Waals surface area contributed by atoms with Crippen LogP contribution in [0.1, 0.15) is 90.8 Å². The lowest BCUT2D eigenvalue weighted by atomic mass is 9.97. The van der Waals surface area contributed by atoms with Crippen molar-refractivity contribution in [2.24, 2.45) is 0 Å². The molecule has 2 atom stereocenters. The Bertz CT molecular complexity index is 854. The maximum absolute atomic E-state index is 13.5. The Labute approximate surface area is 205 Å². The summed E-state index contributed by atoms with van der Waals surface area (Å²) >= 11 is 0. The van der Waals surface area contributed by atoms with Crippen molar-refractivity contribution in [1.29, 1.82) is 0 Å². The average Bonchev–Trinajstić information content (AvgIpc) is 2.76. The summed E-state index contributed by atoms with van der Waals surface area (Å²) in [6, 6.07) is 6.20. The van der Waals surface area contributed by atoms with Gasteiger partial charge in [0, 0.05) is 18.2 Å². The molecule has 0 radical (unpaired) electrons. The standard InChI is InChI=1S/C27H41N3O4/c1-8-11-14-18-30(23(31)19-28-26(33)34-27(5,6)7)24(25(32)29-20(4)15-9-2)22-17-13-12-16-21(22)10-3/h3,12-13,16-17,20,24H,8-9,11,14-15,18-19H2,1-2,4-7H3,(H,28,33)(H,29,32). The van der Waals surface area contributed by atoms with Gasteiger partial charge in [0.1, 0.15) is 18.2 Å². The number of terminal acetylenes is 1. The van der Waals surface area contributed by atoms with Crippen LogP contribution in [-0.4, -0.2) is 47.5 Å². The molecule has 0 bridgehead atoms. The highest BCUT2D eigenvalue weighted by Gasteiger charge is 2.33. The molecule has 0 saturated carbocycles. The van der Waals surface area contributed by atoms with Crippen LogP contribution in [0, 0.1) is 12.3 Å². The normalized spacial score (nSPS) is 12.7. The largest absolute Gasteiger partial charge is 0.444 e. The molecule has 0 spiro atoms. The summed E-state index contributed by atoms with van der Waals surface area (Å²) in [6.45, 7) is 11.4.